The maximum Gasteiger partial charge on any atom is 0.411 e. The van der Waals surface area contributed by atoms with Crippen LogP contribution in [0.3, 0.4) is 0 Å². The van der Waals surface area contributed by atoms with E-state index in [0.717, 1.165) is 42.9 Å². The molecule has 1 aliphatic heterocycles. The third kappa shape index (κ3) is 7.73. The van der Waals surface area contributed by atoms with E-state index in [1.807, 2.05) is 30.3 Å². The van der Waals surface area contributed by atoms with Gasteiger partial charge in [0.05, 0.1) is 25.4 Å². The highest BCUT2D eigenvalue weighted by atomic mass is 16.5. The van der Waals surface area contributed by atoms with Crippen molar-refractivity contribution in [3.05, 3.63) is 82.1 Å². The Morgan fingerprint density at radius 1 is 1.03 bits per heavy atom. The van der Waals surface area contributed by atoms with Crippen LogP contribution >= 0.6 is 0 Å². The lowest BCUT2D eigenvalue weighted by Gasteiger charge is -2.26. The van der Waals surface area contributed by atoms with Gasteiger partial charge in [-0.15, -0.1) is 0 Å². The summed E-state index contributed by atoms with van der Waals surface area (Å²) in [6.45, 7) is 6.62. The van der Waals surface area contributed by atoms with Crippen LogP contribution in [0.15, 0.2) is 65.5 Å². The van der Waals surface area contributed by atoms with Gasteiger partial charge in [-0.1, -0.05) is 30.3 Å². The molecule has 0 spiro atoms. The molecular formula is C27H32N6O4. The van der Waals surface area contributed by atoms with Gasteiger partial charge in [0, 0.05) is 50.0 Å². The van der Waals surface area contributed by atoms with Crippen LogP contribution in [0, 0.1) is 0 Å². The molecule has 194 valence electrons. The minimum absolute atomic E-state index is 0.00125. The fourth-order valence-corrected chi connectivity index (χ4v) is 4.09. The summed E-state index contributed by atoms with van der Waals surface area (Å²) in [5, 5.41) is 13.5. The van der Waals surface area contributed by atoms with Gasteiger partial charge in [0.1, 0.15) is 0 Å². The number of benzene rings is 2. The smallest absolute Gasteiger partial charge is 0.411 e. The molecule has 4 rings (SSSR count). The highest BCUT2D eigenvalue weighted by molar-refractivity contribution is 5.84. The number of anilines is 1. The Labute approximate surface area is 215 Å². The zero-order chi connectivity index (χ0) is 26.0. The molecule has 1 aliphatic rings. The third-order valence-electron chi connectivity index (χ3n) is 5.94. The van der Waals surface area contributed by atoms with Crippen molar-refractivity contribution in [2.24, 2.45) is 0 Å². The van der Waals surface area contributed by atoms with Crippen LogP contribution in [0.25, 0.3) is 11.3 Å². The van der Waals surface area contributed by atoms with E-state index in [9.17, 15) is 14.4 Å². The molecule has 37 heavy (non-hydrogen) atoms. The Kier molecular flexibility index (Phi) is 9.01. The van der Waals surface area contributed by atoms with Crippen molar-refractivity contribution in [1.82, 2.24) is 25.3 Å². The van der Waals surface area contributed by atoms with Crippen LogP contribution in [0.4, 0.5) is 10.5 Å². The van der Waals surface area contributed by atoms with Crippen LogP contribution in [-0.4, -0.2) is 66.0 Å². The number of hydrogen-bond donors (Lipinski definition) is 3. The molecule has 3 N–H and O–H groups in total. The molecule has 1 aromatic heterocycles. The summed E-state index contributed by atoms with van der Waals surface area (Å²) in [6, 6.07) is 18.1. The summed E-state index contributed by atoms with van der Waals surface area (Å²) in [6.07, 6.45) is -0.531. The summed E-state index contributed by atoms with van der Waals surface area (Å²) in [5.74, 6) is -0.00125. The number of nitrogens with one attached hydrogen (secondary N) is 3. The summed E-state index contributed by atoms with van der Waals surface area (Å²) in [4.78, 5) is 38.7. The van der Waals surface area contributed by atoms with Crippen molar-refractivity contribution in [3.63, 3.8) is 0 Å². The standard InChI is InChI=1S/C27H32N6O4/c1-2-37-27(36)30-23-8-4-6-21(16-23)18-33-26(35)10-9-24(31-33)22-7-3-5-20(15-22)17-29-25(34)19-32-13-11-28-12-14-32/h3-10,15-16,28H,2,11-14,17-19H2,1H3,(H,29,34)(H,30,36). The van der Waals surface area contributed by atoms with Crippen molar-refractivity contribution in [1.29, 1.82) is 0 Å². The van der Waals surface area contributed by atoms with Crippen LogP contribution < -0.4 is 21.5 Å². The predicted molar refractivity (Wildman–Crippen MR) is 141 cm³/mol. The fourth-order valence-electron chi connectivity index (χ4n) is 4.09. The molecule has 0 aliphatic carbocycles. The van der Waals surface area contributed by atoms with E-state index in [2.05, 4.69) is 25.9 Å². The number of ether oxygens (including phenoxy) is 1. The van der Waals surface area contributed by atoms with Gasteiger partial charge in [-0.05, 0) is 42.3 Å². The molecular weight excluding hydrogens is 472 g/mol. The lowest BCUT2D eigenvalue weighted by atomic mass is 10.1. The SMILES string of the molecule is CCOC(=O)Nc1cccc(Cn2nc(-c3cccc(CNC(=O)CN4CCNCC4)c3)ccc2=O)c1. The molecule has 2 aromatic carbocycles. The second kappa shape index (κ2) is 12.8. The second-order valence-corrected chi connectivity index (χ2v) is 8.76. The van der Waals surface area contributed by atoms with Crippen LogP contribution in [0.2, 0.25) is 0 Å². The topological polar surface area (TPSA) is 118 Å². The van der Waals surface area contributed by atoms with E-state index in [1.165, 1.54) is 10.7 Å². The van der Waals surface area contributed by atoms with Gasteiger partial charge in [-0.2, -0.15) is 5.10 Å². The Hall–Kier alpha value is -4.02. The Morgan fingerprint density at radius 3 is 2.62 bits per heavy atom. The van der Waals surface area contributed by atoms with E-state index in [4.69, 9.17) is 4.74 Å². The Morgan fingerprint density at radius 2 is 1.81 bits per heavy atom. The number of carbonyl (C=O) groups is 2. The van der Waals surface area contributed by atoms with Crippen LogP contribution in [0.1, 0.15) is 18.1 Å². The first-order valence-corrected chi connectivity index (χ1v) is 12.4. The third-order valence-corrected chi connectivity index (χ3v) is 5.94. The molecule has 0 bridgehead atoms. The first-order chi connectivity index (χ1) is 18.0. The first kappa shape index (κ1) is 26.1. The van der Waals surface area contributed by atoms with E-state index < -0.39 is 6.09 Å². The van der Waals surface area contributed by atoms with E-state index in [-0.39, 0.29) is 24.6 Å². The molecule has 2 heterocycles. The summed E-state index contributed by atoms with van der Waals surface area (Å²) >= 11 is 0. The highest BCUT2D eigenvalue weighted by Crippen LogP contribution is 2.18. The molecule has 1 saturated heterocycles. The van der Waals surface area contributed by atoms with Gasteiger partial charge in [0.15, 0.2) is 0 Å². The largest absolute Gasteiger partial charge is 0.450 e. The zero-order valence-corrected chi connectivity index (χ0v) is 20.9. The maximum atomic E-state index is 12.5. The number of carbonyl (C=O) groups excluding carboxylic acids is 2. The van der Waals surface area contributed by atoms with Crippen molar-refractivity contribution in [2.75, 3.05) is 44.6 Å². The van der Waals surface area contributed by atoms with Gasteiger partial charge in [-0.25, -0.2) is 9.48 Å². The maximum absolute atomic E-state index is 12.5. The molecule has 3 aromatic rings. The van der Waals surface area contributed by atoms with Crippen molar-refractivity contribution >= 4 is 17.7 Å². The number of aromatic nitrogens is 2. The molecule has 10 heteroatoms. The van der Waals surface area contributed by atoms with Gasteiger partial charge < -0.3 is 15.4 Å². The quantitative estimate of drug-likeness (QED) is 0.408. The normalized spacial score (nSPS) is 13.6. The summed E-state index contributed by atoms with van der Waals surface area (Å²) < 4.78 is 6.31. The number of hydrogen-bond acceptors (Lipinski definition) is 7. The monoisotopic (exact) mass is 504 g/mol. The van der Waals surface area contributed by atoms with Crippen LogP contribution in [-0.2, 0) is 22.6 Å². The average Bonchev–Trinajstić information content (AvgIpc) is 2.90. The summed E-state index contributed by atoms with van der Waals surface area (Å²) in [5.41, 5.74) is 3.59. The summed E-state index contributed by atoms with van der Waals surface area (Å²) in [7, 11) is 0. The highest BCUT2D eigenvalue weighted by Gasteiger charge is 2.13. The van der Waals surface area contributed by atoms with Crippen molar-refractivity contribution < 1.29 is 14.3 Å². The molecule has 2 amide bonds. The Balaban J connectivity index is 1.42. The van der Waals surface area contributed by atoms with Gasteiger partial charge in [-0.3, -0.25) is 19.8 Å². The Bertz CT molecular complexity index is 1290. The number of rotatable bonds is 9. The molecule has 0 atom stereocenters. The predicted octanol–water partition coefficient (Wildman–Crippen LogP) is 2.05. The van der Waals surface area contributed by atoms with Crippen molar-refractivity contribution in [3.8, 4) is 11.3 Å². The molecule has 0 saturated carbocycles. The minimum atomic E-state index is -0.531. The van der Waals surface area contributed by atoms with E-state index in [0.29, 0.717) is 24.5 Å². The first-order valence-electron chi connectivity index (χ1n) is 12.4. The average molecular weight is 505 g/mol. The van der Waals surface area contributed by atoms with Gasteiger partial charge in [0.2, 0.25) is 5.91 Å². The number of amides is 2. The second-order valence-electron chi connectivity index (χ2n) is 8.76. The number of piperazine rings is 1. The van der Waals surface area contributed by atoms with Gasteiger partial charge >= 0.3 is 6.09 Å². The molecule has 0 unspecified atom stereocenters. The molecule has 0 radical (unpaired) electrons. The van der Waals surface area contributed by atoms with Crippen molar-refractivity contribution in [2.45, 2.75) is 20.0 Å². The van der Waals surface area contributed by atoms with E-state index in [1.54, 1.807) is 31.2 Å². The lowest BCUT2D eigenvalue weighted by Crippen LogP contribution is -2.47. The molecule has 10 nitrogen and oxygen atoms in total. The minimum Gasteiger partial charge on any atom is -0.450 e. The zero-order valence-electron chi connectivity index (χ0n) is 20.9. The molecule has 1 fully saturated rings. The lowest BCUT2D eigenvalue weighted by molar-refractivity contribution is -0.122. The van der Waals surface area contributed by atoms with Crippen LogP contribution in [0.5, 0.6) is 0 Å². The van der Waals surface area contributed by atoms with E-state index >= 15 is 0 Å². The fraction of sp³-hybridized carbons (Fsp3) is 0.333. The van der Waals surface area contributed by atoms with Gasteiger partial charge in [0.25, 0.3) is 5.56 Å². The number of nitrogens with zero attached hydrogens (tertiary/aromatic N) is 3.